The smallest absolute Gasteiger partial charge is 0.315 e. The van der Waals surface area contributed by atoms with Crippen LogP contribution >= 0.6 is 0 Å². The second kappa shape index (κ2) is 6.07. The van der Waals surface area contributed by atoms with Crippen molar-refractivity contribution in [1.82, 2.24) is 10.6 Å². The monoisotopic (exact) mass is 245 g/mol. The Morgan fingerprint density at radius 3 is 2.29 bits per heavy atom. The summed E-state index contributed by atoms with van der Waals surface area (Å²) >= 11 is 0. The lowest BCUT2D eigenvalue weighted by Gasteiger charge is -2.23. The minimum Gasteiger partial charge on any atom is -0.481 e. The first-order valence-corrected chi connectivity index (χ1v) is 5.30. The second-order valence-corrected chi connectivity index (χ2v) is 4.17. The number of amides is 3. The van der Waals surface area contributed by atoms with E-state index in [0.29, 0.717) is 6.42 Å². The maximum atomic E-state index is 11.3. The quantitative estimate of drug-likeness (QED) is 0.511. The summed E-state index contributed by atoms with van der Waals surface area (Å²) < 4.78 is 0. The van der Waals surface area contributed by atoms with Gasteiger partial charge in [-0.15, -0.1) is 0 Å². The summed E-state index contributed by atoms with van der Waals surface area (Å²) in [6.45, 7) is 4.68. The number of carboxylic acids is 1. The van der Waals surface area contributed by atoms with Gasteiger partial charge in [0.2, 0.25) is 5.91 Å². The molecular weight excluding hydrogens is 226 g/mol. The van der Waals surface area contributed by atoms with Crippen molar-refractivity contribution in [3.8, 4) is 0 Å². The molecule has 0 aliphatic carbocycles. The molecule has 0 aliphatic heterocycles. The lowest BCUT2D eigenvalue weighted by atomic mass is 9.88. The molecule has 7 nitrogen and oxygen atoms in total. The number of aliphatic carboxylic acids is 1. The van der Waals surface area contributed by atoms with Gasteiger partial charge in [0, 0.05) is 6.54 Å². The van der Waals surface area contributed by atoms with Crippen molar-refractivity contribution in [1.29, 1.82) is 0 Å². The molecule has 0 spiro atoms. The zero-order valence-corrected chi connectivity index (χ0v) is 10.2. The maximum absolute atomic E-state index is 11.3. The van der Waals surface area contributed by atoms with E-state index in [0.717, 1.165) is 0 Å². The predicted molar refractivity (Wildman–Crippen MR) is 61.2 cm³/mol. The van der Waals surface area contributed by atoms with Crippen LogP contribution in [0.5, 0.6) is 0 Å². The summed E-state index contributed by atoms with van der Waals surface area (Å²) in [4.78, 5) is 33.0. The van der Waals surface area contributed by atoms with Crippen LogP contribution in [0.2, 0.25) is 0 Å². The maximum Gasteiger partial charge on any atom is 0.315 e. The molecule has 7 heteroatoms. The molecule has 0 saturated heterocycles. The van der Waals surface area contributed by atoms with Crippen LogP contribution in [-0.4, -0.2) is 35.6 Å². The Hall–Kier alpha value is -1.79. The Labute approximate surface area is 99.7 Å². The van der Waals surface area contributed by atoms with Gasteiger partial charge in [-0.1, -0.05) is 6.92 Å². The van der Waals surface area contributed by atoms with E-state index < -0.39 is 29.4 Å². The van der Waals surface area contributed by atoms with Crippen molar-refractivity contribution >= 4 is 17.9 Å². The number of primary amides is 1. The first-order chi connectivity index (χ1) is 7.73. The molecule has 0 radical (unpaired) electrons. The third kappa shape index (κ3) is 4.71. The number of carbonyl (C=O) groups is 3. The molecule has 0 aliphatic rings. The summed E-state index contributed by atoms with van der Waals surface area (Å²) in [7, 11) is 0. The molecule has 17 heavy (non-hydrogen) atoms. The highest BCUT2D eigenvalue weighted by Gasteiger charge is 2.31. The van der Waals surface area contributed by atoms with Crippen LogP contribution in [0, 0.1) is 5.41 Å². The molecule has 0 fully saturated rings. The SMILES string of the molecule is CCC(C)(CNC(=O)NC(C)C(N)=O)C(=O)O. The van der Waals surface area contributed by atoms with Gasteiger partial charge in [0.15, 0.2) is 0 Å². The zero-order chi connectivity index (χ0) is 13.6. The molecule has 2 unspecified atom stereocenters. The Balaban J connectivity index is 4.24. The minimum atomic E-state index is -1.02. The van der Waals surface area contributed by atoms with E-state index in [1.807, 2.05) is 0 Å². The molecule has 0 heterocycles. The first kappa shape index (κ1) is 15.2. The van der Waals surface area contributed by atoms with E-state index >= 15 is 0 Å². The molecule has 0 bridgehead atoms. The standard InChI is InChI=1S/C10H19N3O4/c1-4-10(3,8(15)16)5-12-9(17)13-6(2)7(11)14/h6H,4-5H2,1-3H3,(H2,11,14)(H,15,16)(H2,12,13,17). The van der Waals surface area contributed by atoms with Crippen molar-refractivity contribution in [2.24, 2.45) is 11.1 Å². The number of urea groups is 1. The van der Waals surface area contributed by atoms with Gasteiger partial charge in [-0.3, -0.25) is 9.59 Å². The molecule has 3 amide bonds. The molecule has 0 rings (SSSR count). The number of hydrogen-bond acceptors (Lipinski definition) is 3. The van der Waals surface area contributed by atoms with E-state index in [1.54, 1.807) is 6.92 Å². The Bertz CT molecular complexity index is 319. The molecular formula is C10H19N3O4. The number of rotatable bonds is 6. The van der Waals surface area contributed by atoms with E-state index in [-0.39, 0.29) is 6.54 Å². The summed E-state index contributed by atoms with van der Waals surface area (Å²) in [5, 5.41) is 13.7. The zero-order valence-electron chi connectivity index (χ0n) is 10.2. The van der Waals surface area contributed by atoms with Gasteiger partial charge >= 0.3 is 12.0 Å². The number of hydrogen-bond donors (Lipinski definition) is 4. The average Bonchev–Trinajstić information content (AvgIpc) is 2.25. The third-order valence-corrected chi connectivity index (χ3v) is 2.71. The van der Waals surface area contributed by atoms with Gasteiger partial charge in [-0.2, -0.15) is 0 Å². The Kier molecular flexibility index (Phi) is 5.43. The first-order valence-electron chi connectivity index (χ1n) is 5.30. The number of nitrogens with one attached hydrogen (secondary N) is 2. The fraction of sp³-hybridized carbons (Fsp3) is 0.700. The van der Waals surface area contributed by atoms with Crippen LogP contribution in [0.4, 0.5) is 4.79 Å². The van der Waals surface area contributed by atoms with Crippen molar-refractivity contribution < 1.29 is 19.5 Å². The summed E-state index contributed by atoms with van der Waals surface area (Å²) in [5.41, 5.74) is 3.94. The summed E-state index contributed by atoms with van der Waals surface area (Å²) in [5.74, 6) is -1.64. The molecule has 2 atom stereocenters. The molecule has 0 aromatic heterocycles. The minimum absolute atomic E-state index is 0.0177. The number of nitrogens with two attached hydrogens (primary N) is 1. The van der Waals surface area contributed by atoms with Gasteiger partial charge in [-0.25, -0.2) is 4.79 Å². The van der Waals surface area contributed by atoms with Gasteiger partial charge in [0.25, 0.3) is 0 Å². The van der Waals surface area contributed by atoms with Gasteiger partial charge < -0.3 is 21.5 Å². The third-order valence-electron chi connectivity index (χ3n) is 2.71. The van der Waals surface area contributed by atoms with E-state index in [1.165, 1.54) is 13.8 Å². The molecule has 0 aromatic rings. The fourth-order valence-corrected chi connectivity index (χ4v) is 0.946. The van der Waals surface area contributed by atoms with Crippen LogP contribution in [0.1, 0.15) is 27.2 Å². The largest absolute Gasteiger partial charge is 0.481 e. The van der Waals surface area contributed by atoms with Crippen LogP contribution in [0.25, 0.3) is 0 Å². The Morgan fingerprint density at radius 2 is 1.94 bits per heavy atom. The van der Waals surface area contributed by atoms with Crippen LogP contribution in [0.3, 0.4) is 0 Å². The highest BCUT2D eigenvalue weighted by molar-refractivity contribution is 5.85. The van der Waals surface area contributed by atoms with Crippen molar-refractivity contribution in [3.05, 3.63) is 0 Å². The van der Waals surface area contributed by atoms with Crippen LogP contribution < -0.4 is 16.4 Å². The molecule has 5 N–H and O–H groups in total. The Morgan fingerprint density at radius 1 is 1.41 bits per heavy atom. The van der Waals surface area contributed by atoms with Gasteiger partial charge in [-0.05, 0) is 20.3 Å². The number of carbonyl (C=O) groups excluding carboxylic acids is 2. The lowest BCUT2D eigenvalue weighted by Crippen LogP contribution is -2.50. The average molecular weight is 245 g/mol. The highest BCUT2D eigenvalue weighted by Crippen LogP contribution is 2.19. The number of carboxylic acid groups (broad SMARTS) is 1. The van der Waals surface area contributed by atoms with E-state index in [9.17, 15) is 14.4 Å². The van der Waals surface area contributed by atoms with Crippen LogP contribution in [0.15, 0.2) is 0 Å². The van der Waals surface area contributed by atoms with Crippen molar-refractivity contribution in [3.63, 3.8) is 0 Å². The normalized spacial score (nSPS) is 15.5. The van der Waals surface area contributed by atoms with Crippen LogP contribution in [-0.2, 0) is 9.59 Å². The van der Waals surface area contributed by atoms with Crippen molar-refractivity contribution in [2.45, 2.75) is 33.2 Å². The summed E-state index contributed by atoms with van der Waals surface area (Å²) in [6.07, 6.45) is 0.383. The second-order valence-electron chi connectivity index (χ2n) is 4.17. The van der Waals surface area contributed by atoms with Crippen molar-refractivity contribution in [2.75, 3.05) is 6.54 Å². The molecule has 0 aromatic carbocycles. The van der Waals surface area contributed by atoms with E-state index in [4.69, 9.17) is 10.8 Å². The fourth-order valence-electron chi connectivity index (χ4n) is 0.946. The highest BCUT2D eigenvalue weighted by atomic mass is 16.4. The van der Waals surface area contributed by atoms with E-state index in [2.05, 4.69) is 10.6 Å². The predicted octanol–water partition coefficient (Wildman–Crippen LogP) is -0.340. The van der Waals surface area contributed by atoms with Gasteiger partial charge in [0.05, 0.1) is 5.41 Å². The molecule has 98 valence electrons. The molecule has 0 saturated carbocycles. The summed E-state index contributed by atoms with van der Waals surface area (Å²) in [6, 6.07) is -1.41. The lowest BCUT2D eigenvalue weighted by molar-refractivity contribution is -0.147. The van der Waals surface area contributed by atoms with Gasteiger partial charge in [0.1, 0.15) is 6.04 Å². The topological polar surface area (TPSA) is 122 Å².